The standard InChI is InChI=1S/C21H36FNO2.C21H37NO4.C21H37NO3.C2H5.CH2Cl2.BrH.Mg.U.2V/c1-19(2,3)25-18(24)23-15-13-20(14-16-23,9-10-21(22)11-12-21)17-7-5-4-6-8-17;1-5-25-18(23)11-12-21(17-9-7-6-8-10-17)13-15-22(16-14-21)19(24)26-20(2,3)4;1-19(2,3)25-18(23)22-15-13-20(14-16-22,9-10-21(24)11-12-21)17-7-5-4-6-8-17;1-2;2-1-3;;;;;/h17H,4-16H2,1-3H3;17H,5-16H2,1-4H3;17,24H,4-16H2,1-3H3;1H2,2H3;1H2;1H;;;;/q;;;-1;;;+2;;;/p-1. The van der Waals surface area contributed by atoms with Gasteiger partial charge in [-0.25, -0.2) is 18.8 Å². The molecule has 0 aromatic carbocycles. The number of alkyl halides is 3. The van der Waals surface area contributed by atoms with Crippen LogP contribution >= 0.6 is 23.2 Å². The van der Waals surface area contributed by atoms with Crippen LogP contribution in [0.5, 0.6) is 0 Å². The summed E-state index contributed by atoms with van der Waals surface area (Å²) in [6.07, 6.45) is 34.1. The maximum absolute atomic E-state index is 14.3. The number of hydrogen-bond donors (Lipinski definition) is 1. The summed E-state index contributed by atoms with van der Waals surface area (Å²) in [6, 6.07) is 0. The number of carbonyl (C=O) groups is 4. The van der Waals surface area contributed by atoms with E-state index >= 15 is 0 Å². The van der Waals surface area contributed by atoms with E-state index in [9.17, 15) is 28.7 Å². The van der Waals surface area contributed by atoms with Crippen LogP contribution in [0.3, 0.4) is 0 Å². The van der Waals surface area contributed by atoms with E-state index in [2.05, 4.69) is 6.92 Å². The Balaban J connectivity index is 0. The minimum Gasteiger partial charge on any atom is -1.00 e. The van der Waals surface area contributed by atoms with Gasteiger partial charge in [-0.05, 0) is 238 Å². The van der Waals surface area contributed by atoms with Crippen LogP contribution < -0.4 is 17.0 Å². The van der Waals surface area contributed by atoms with Gasteiger partial charge < -0.3 is 62.7 Å². The summed E-state index contributed by atoms with van der Waals surface area (Å²) >= 11 is 9.53. The number of halogens is 4. The second kappa shape index (κ2) is 41.9. The summed E-state index contributed by atoms with van der Waals surface area (Å²) in [4.78, 5) is 54.7. The van der Waals surface area contributed by atoms with Crippen molar-refractivity contribution in [2.75, 3.05) is 51.2 Å². The summed E-state index contributed by atoms with van der Waals surface area (Å²) in [5.41, 5.74) is -1.79. The summed E-state index contributed by atoms with van der Waals surface area (Å²) in [7, 11) is 0. The van der Waals surface area contributed by atoms with Gasteiger partial charge in [0, 0.05) is 114 Å². The van der Waals surface area contributed by atoms with E-state index < -0.39 is 22.5 Å². The van der Waals surface area contributed by atoms with Gasteiger partial charge in [0.15, 0.2) is 0 Å². The molecule has 0 aromatic rings. The van der Waals surface area contributed by atoms with Crippen LogP contribution in [0.15, 0.2) is 0 Å². The van der Waals surface area contributed by atoms with Crippen LogP contribution in [0.25, 0.3) is 0 Å². The van der Waals surface area contributed by atoms with Gasteiger partial charge in [-0.2, -0.15) is 6.92 Å². The molecule has 1 N–H and O–H groups in total. The fourth-order valence-electron chi connectivity index (χ4n) is 14.4. The Morgan fingerprint density at radius 3 is 1.01 bits per heavy atom. The molecular weight excluding hydrogens is 1510 g/mol. The van der Waals surface area contributed by atoms with Gasteiger partial charge in [-0.3, -0.25) is 4.79 Å². The molecule has 5 aliphatic carbocycles. The van der Waals surface area contributed by atoms with Crippen molar-refractivity contribution in [2.24, 2.45) is 34.0 Å². The van der Waals surface area contributed by atoms with Crippen LogP contribution in [0, 0.1) is 72.0 Å². The van der Waals surface area contributed by atoms with Crippen molar-refractivity contribution in [1.82, 2.24) is 14.7 Å². The zero-order chi connectivity index (χ0) is 60.2. The predicted octanol–water partition coefficient (Wildman–Crippen LogP) is 14.6. The predicted molar refractivity (Wildman–Crippen MR) is 333 cm³/mol. The van der Waals surface area contributed by atoms with Crippen LogP contribution in [0.1, 0.15) is 275 Å². The van der Waals surface area contributed by atoms with Gasteiger partial charge in [0.05, 0.1) is 17.5 Å². The van der Waals surface area contributed by atoms with Gasteiger partial charge in [0.25, 0.3) is 0 Å². The number of rotatable bonds is 13. The number of aliphatic hydroxyl groups is 1. The minimum absolute atomic E-state index is 0. The number of ether oxygens (including phenoxy) is 4. The number of esters is 1. The SMILES string of the molecule is CC(C)(C)OC(=O)N1CCC(CCC2(F)CC2)(C2CCCCC2)CC1.CC(C)(C)OC(=O)N1CCC(CCC2(O)CC2)(C2CCCCC2)CC1.CCOC(=O)CCC1(C2CCCCC2)CCN(C(=O)OC(C)(C)C)CC1.ClCCl.[Br-].[CH2-]C.[Mg+2].[U].[V].[V]. The molecule has 0 atom stereocenters. The fourth-order valence-corrected chi connectivity index (χ4v) is 14.4. The van der Waals surface area contributed by atoms with Gasteiger partial charge >= 0.3 is 47.3 Å². The van der Waals surface area contributed by atoms with Crippen molar-refractivity contribution in [3.8, 4) is 0 Å². The first-order valence-electron chi connectivity index (χ1n) is 32.4. The first-order chi connectivity index (χ1) is 38.1. The zero-order valence-electron chi connectivity index (χ0n) is 55.7. The van der Waals surface area contributed by atoms with E-state index in [1.165, 1.54) is 96.3 Å². The Morgan fingerprint density at radius 1 is 0.500 bits per heavy atom. The number of amides is 3. The van der Waals surface area contributed by atoms with Crippen LogP contribution in [0.2, 0.25) is 0 Å². The van der Waals surface area contributed by atoms with Crippen molar-refractivity contribution in [3.63, 3.8) is 0 Å². The van der Waals surface area contributed by atoms with Crippen molar-refractivity contribution in [3.05, 3.63) is 6.92 Å². The molecule has 20 heteroatoms. The Hall–Kier alpha value is 1.22. The maximum Gasteiger partial charge on any atom is 2.00 e. The Kier molecular flexibility index (Phi) is 43.5. The molecule has 3 aliphatic heterocycles. The Labute approximate surface area is 607 Å². The third-order valence-electron chi connectivity index (χ3n) is 19.6. The van der Waals surface area contributed by atoms with E-state index in [0.29, 0.717) is 24.4 Å². The monoisotopic (exact) mass is 1630 g/mol. The van der Waals surface area contributed by atoms with E-state index in [1.54, 1.807) is 6.92 Å². The van der Waals surface area contributed by atoms with Gasteiger partial charge in [0.1, 0.15) is 22.5 Å². The average molecular weight is 1630 g/mol. The molecule has 3 saturated heterocycles. The van der Waals surface area contributed by atoms with Gasteiger partial charge in [-0.1, -0.05) is 57.8 Å². The quantitative estimate of drug-likeness (QED) is 0.0629. The zero-order valence-corrected chi connectivity index (χ0v) is 67.2. The molecule has 8 aliphatic rings. The largest absolute Gasteiger partial charge is 2.00 e. The van der Waals surface area contributed by atoms with E-state index in [0.717, 1.165) is 147 Å². The smallest absolute Gasteiger partial charge is 1.00 e. The van der Waals surface area contributed by atoms with Crippen molar-refractivity contribution in [2.45, 2.75) is 303 Å². The molecule has 5 saturated carbocycles. The molecule has 86 heavy (non-hydrogen) atoms. The summed E-state index contributed by atoms with van der Waals surface area (Å²) < 4.78 is 36.1. The van der Waals surface area contributed by atoms with Crippen LogP contribution in [0.4, 0.5) is 18.8 Å². The number of carbonyl (C=O) groups excluding carboxylic acids is 4. The third-order valence-corrected chi connectivity index (χ3v) is 19.6. The number of piperidine rings is 3. The van der Waals surface area contributed by atoms with Crippen molar-refractivity contribution < 1.29 is 133 Å². The second-order valence-electron chi connectivity index (χ2n) is 28.8. The molecule has 0 aromatic heterocycles. The molecule has 0 spiro atoms. The summed E-state index contributed by atoms with van der Waals surface area (Å²) in [5.74, 6) is 2.09. The third kappa shape index (κ3) is 31.2. The fraction of sp³-hybridized carbons (Fsp3) is 0.924. The Bertz CT molecular complexity index is 1800. The molecule has 3 heterocycles. The molecular formula is C66H117BrCl2FMgN3O9UV2. The van der Waals surface area contributed by atoms with Crippen LogP contribution in [-0.2, 0) is 60.9 Å². The van der Waals surface area contributed by atoms with Gasteiger partial charge in [0.2, 0.25) is 0 Å². The second-order valence-corrected chi connectivity index (χ2v) is 29.6. The maximum atomic E-state index is 14.3. The molecule has 0 bridgehead atoms. The molecule has 8 fully saturated rings. The number of likely N-dealkylation sites (tertiary alicyclic amines) is 3. The van der Waals surface area contributed by atoms with E-state index in [4.69, 9.17) is 42.1 Å². The minimum atomic E-state index is -0.857. The average Bonchev–Trinajstić information content (AvgIpc) is 3.38. The normalized spacial score (nSPS) is 22.0. The van der Waals surface area contributed by atoms with Crippen molar-refractivity contribution >= 4 is 70.5 Å². The first kappa shape index (κ1) is 89.3. The Morgan fingerprint density at radius 2 is 0.767 bits per heavy atom. The molecule has 2 radical (unpaired) electrons. The topological polar surface area (TPSA) is 135 Å². The van der Waals surface area contributed by atoms with Crippen LogP contribution in [-0.4, -0.2) is 146 Å². The van der Waals surface area contributed by atoms with E-state index in [-0.39, 0.29) is 154 Å². The summed E-state index contributed by atoms with van der Waals surface area (Å²) in [6.45, 7) is 29.2. The molecule has 3 amide bonds. The molecule has 494 valence electrons. The number of hydrogen-bond acceptors (Lipinski definition) is 9. The molecule has 0 unspecified atom stereocenters. The van der Waals surface area contributed by atoms with E-state index in [1.807, 2.05) is 83.9 Å². The van der Waals surface area contributed by atoms with Crippen molar-refractivity contribution in [1.29, 1.82) is 0 Å². The summed E-state index contributed by atoms with van der Waals surface area (Å²) in [5, 5.41) is 10.5. The number of nitrogens with zero attached hydrogens (tertiary/aromatic N) is 3. The molecule has 8 rings (SSSR count). The molecule has 12 nitrogen and oxygen atoms in total. The first-order valence-corrected chi connectivity index (χ1v) is 33.5. The van der Waals surface area contributed by atoms with Gasteiger partial charge in [-0.15, -0.1) is 23.2 Å².